The number of hydrogen-bond donors (Lipinski definition) is 0. The molecule has 1 heterocycles. The molecule has 0 spiro atoms. The second-order valence-electron chi connectivity index (χ2n) is 3.54. The van der Waals surface area contributed by atoms with Gasteiger partial charge in [0.2, 0.25) is 0 Å². The van der Waals surface area contributed by atoms with Crippen molar-refractivity contribution in [2.75, 3.05) is 5.75 Å². The molecule has 0 aliphatic carbocycles. The molecule has 1 nitrogen and oxygen atoms in total. The van der Waals surface area contributed by atoms with E-state index >= 15 is 0 Å². The van der Waals surface area contributed by atoms with Crippen molar-refractivity contribution in [3.63, 3.8) is 0 Å². The Morgan fingerprint density at radius 1 is 1.40 bits per heavy atom. The van der Waals surface area contributed by atoms with Crippen LogP contribution in [0.2, 0.25) is 5.02 Å². The zero-order valence-corrected chi connectivity index (χ0v) is 10.5. The van der Waals surface area contributed by atoms with Gasteiger partial charge in [-0.25, -0.2) is 0 Å². The Labute approximate surface area is 99.4 Å². The van der Waals surface area contributed by atoms with Crippen molar-refractivity contribution in [1.82, 2.24) is 4.57 Å². The smallest absolute Gasteiger partial charge is 0.0670 e. The van der Waals surface area contributed by atoms with Crippen LogP contribution in [0.4, 0.5) is 0 Å². The molecule has 0 radical (unpaired) electrons. The van der Waals surface area contributed by atoms with Crippen LogP contribution in [0.5, 0.6) is 0 Å². The average molecular weight is 240 g/mol. The van der Waals surface area contributed by atoms with E-state index in [9.17, 15) is 0 Å². The molecule has 1 aromatic carbocycles. The molecule has 0 saturated carbocycles. The number of para-hydroxylation sites is 1. The van der Waals surface area contributed by atoms with Gasteiger partial charge in [0.15, 0.2) is 0 Å². The van der Waals surface area contributed by atoms with Gasteiger partial charge in [-0.05, 0) is 17.4 Å². The Morgan fingerprint density at radius 2 is 2.20 bits per heavy atom. The molecular weight excluding hydrogens is 226 g/mol. The molecule has 3 heteroatoms. The monoisotopic (exact) mass is 239 g/mol. The maximum Gasteiger partial charge on any atom is 0.0670 e. The summed E-state index contributed by atoms with van der Waals surface area (Å²) in [7, 11) is 2.05. The minimum Gasteiger partial charge on any atom is -0.349 e. The highest BCUT2D eigenvalue weighted by Crippen LogP contribution is 2.29. The van der Waals surface area contributed by atoms with Crippen LogP contribution < -0.4 is 0 Å². The fraction of sp³-hybridized carbons (Fsp3) is 0.333. The second kappa shape index (κ2) is 4.50. The van der Waals surface area contributed by atoms with E-state index in [2.05, 4.69) is 23.8 Å². The van der Waals surface area contributed by atoms with Gasteiger partial charge in [0.25, 0.3) is 0 Å². The Hall–Kier alpha value is -0.600. The minimum atomic E-state index is 0.836. The number of aryl methyl sites for hydroxylation is 1. The number of rotatable bonds is 3. The summed E-state index contributed by atoms with van der Waals surface area (Å²) in [4.78, 5) is 0. The van der Waals surface area contributed by atoms with Crippen LogP contribution in [0.3, 0.4) is 0 Å². The third-order valence-corrected chi connectivity index (χ3v) is 3.72. The lowest BCUT2D eigenvalue weighted by atomic mass is 10.2. The predicted octanol–water partition coefficient (Wildman–Crippen LogP) is 4.08. The third-order valence-electron chi connectivity index (χ3n) is 2.50. The topological polar surface area (TPSA) is 4.93 Å². The number of hydrogen-bond acceptors (Lipinski definition) is 1. The van der Waals surface area contributed by atoms with Crippen LogP contribution >= 0.6 is 23.4 Å². The molecular formula is C12H14ClNS. The van der Waals surface area contributed by atoms with Gasteiger partial charge in [0.05, 0.1) is 10.5 Å². The Balaban J connectivity index is 2.53. The van der Waals surface area contributed by atoms with E-state index in [1.54, 1.807) is 0 Å². The minimum absolute atomic E-state index is 0.836. The quantitative estimate of drug-likeness (QED) is 0.781. The van der Waals surface area contributed by atoms with Crippen molar-refractivity contribution in [1.29, 1.82) is 0 Å². The first kappa shape index (κ1) is 10.9. The molecule has 0 bridgehead atoms. The highest BCUT2D eigenvalue weighted by molar-refractivity contribution is 7.98. The van der Waals surface area contributed by atoms with E-state index in [1.807, 2.05) is 30.9 Å². The zero-order chi connectivity index (χ0) is 10.8. The van der Waals surface area contributed by atoms with Crippen molar-refractivity contribution in [3.05, 3.63) is 35.0 Å². The summed E-state index contributed by atoms with van der Waals surface area (Å²) < 4.78 is 2.11. The molecule has 0 aliphatic heterocycles. The zero-order valence-electron chi connectivity index (χ0n) is 8.96. The van der Waals surface area contributed by atoms with Gasteiger partial charge in [-0.3, -0.25) is 0 Å². The maximum absolute atomic E-state index is 6.18. The summed E-state index contributed by atoms with van der Waals surface area (Å²) in [6.07, 6.45) is 2.18. The fourth-order valence-electron chi connectivity index (χ4n) is 1.83. The third kappa shape index (κ3) is 2.01. The van der Waals surface area contributed by atoms with Gasteiger partial charge in [-0.15, -0.1) is 0 Å². The SMILES string of the molecule is CCSCc1cn(C)c2c(Cl)cccc12. The summed E-state index contributed by atoms with van der Waals surface area (Å²) in [5.41, 5.74) is 2.52. The van der Waals surface area contributed by atoms with Crippen molar-refractivity contribution in [2.24, 2.45) is 7.05 Å². The first-order chi connectivity index (χ1) is 7.24. The van der Waals surface area contributed by atoms with Crippen molar-refractivity contribution in [3.8, 4) is 0 Å². The van der Waals surface area contributed by atoms with Gasteiger partial charge in [0, 0.05) is 24.4 Å². The van der Waals surface area contributed by atoms with Gasteiger partial charge in [-0.1, -0.05) is 30.7 Å². The lowest BCUT2D eigenvalue weighted by Crippen LogP contribution is -1.83. The molecule has 0 N–H and O–H groups in total. The number of fused-ring (bicyclic) bond motifs is 1. The van der Waals surface area contributed by atoms with E-state index in [0.717, 1.165) is 22.0 Å². The number of nitrogens with zero attached hydrogens (tertiary/aromatic N) is 1. The number of halogens is 1. The Bertz CT molecular complexity index is 476. The largest absolute Gasteiger partial charge is 0.349 e. The van der Waals surface area contributed by atoms with Crippen LogP contribution in [-0.2, 0) is 12.8 Å². The molecule has 0 fully saturated rings. The number of thioether (sulfide) groups is 1. The van der Waals surface area contributed by atoms with Crippen LogP contribution in [0, 0.1) is 0 Å². The summed E-state index contributed by atoms with van der Waals surface area (Å²) >= 11 is 8.12. The van der Waals surface area contributed by atoms with Crippen molar-refractivity contribution >= 4 is 34.3 Å². The van der Waals surface area contributed by atoms with Crippen LogP contribution in [0.1, 0.15) is 12.5 Å². The molecule has 0 amide bonds. The van der Waals surface area contributed by atoms with Crippen LogP contribution in [0.25, 0.3) is 10.9 Å². The highest BCUT2D eigenvalue weighted by Gasteiger charge is 2.08. The van der Waals surface area contributed by atoms with Gasteiger partial charge in [-0.2, -0.15) is 11.8 Å². The van der Waals surface area contributed by atoms with E-state index in [-0.39, 0.29) is 0 Å². The lowest BCUT2D eigenvalue weighted by molar-refractivity contribution is 0.963. The molecule has 1 aromatic heterocycles. The normalized spacial score (nSPS) is 11.1. The summed E-state index contributed by atoms with van der Waals surface area (Å²) in [6.45, 7) is 2.18. The van der Waals surface area contributed by atoms with E-state index in [4.69, 9.17) is 11.6 Å². The van der Waals surface area contributed by atoms with Crippen molar-refractivity contribution < 1.29 is 0 Å². The van der Waals surface area contributed by atoms with E-state index < -0.39 is 0 Å². The van der Waals surface area contributed by atoms with E-state index in [0.29, 0.717) is 0 Å². The second-order valence-corrected chi connectivity index (χ2v) is 5.22. The molecule has 15 heavy (non-hydrogen) atoms. The van der Waals surface area contributed by atoms with Gasteiger partial charge >= 0.3 is 0 Å². The molecule has 0 saturated heterocycles. The fourth-order valence-corrected chi connectivity index (χ4v) is 2.79. The highest BCUT2D eigenvalue weighted by atomic mass is 35.5. The summed E-state index contributed by atoms with van der Waals surface area (Å²) in [5, 5.41) is 2.12. The predicted molar refractivity (Wildman–Crippen MR) is 69.8 cm³/mol. The van der Waals surface area contributed by atoms with E-state index in [1.165, 1.54) is 10.9 Å². The van der Waals surface area contributed by atoms with Crippen LogP contribution in [-0.4, -0.2) is 10.3 Å². The first-order valence-corrected chi connectivity index (χ1v) is 6.57. The maximum atomic E-state index is 6.18. The summed E-state index contributed by atoms with van der Waals surface area (Å²) in [5.74, 6) is 2.21. The molecule has 2 aromatic rings. The first-order valence-electron chi connectivity index (χ1n) is 5.04. The molecule has 0 aliphatic rings. The standard InChI is InChI=1S/C12H14ClNS/c1-3-15-8-9-7-14(2)12-10(9)5-4-6-11(12)13/h4-7H,3,8H2,1-2H3. The lowest BCUT2D eigenvalue weighted by Gasteiger charge is -1.98. The Morgan fingerprint density at radius 3 is 2.93 bits per heavy atom. The number of aromatic nitrogens is 1. The Kier molecular flexibility index (Phi) is 3.27. The molecule has 80 valence electrons. The summed E-state index contributed by atoms with van der Waals surface area (Å²) in [6, 6.07) is 6.11. The molecule has 2 rings (SSSR count). The number of benzene rings is 1. The molecule has 0 unspecified atom stereocenters. The average Bonchev–Trinajstić information content (AvgIpc) is 2.54. The molecule has 0 atom stereocenters. The van der Waals surface area contributed by atoms with Gasteiger partial charge < -0.3 is 4.57 Å². The van der Waals surface area contributed by atoms with Gasteiger partial charge in [0.1, 0.15) is 0 Å². The van der Waals surface area contributed by atoms with Crippen molar-refractivity contribution in [2.45, 2.75) is 12.7 Å². The van der Waals surface area contributed by atoms with Crippen LogP contribution in [0.15, 0.2) is 24.4 Å².